The Balaban J connectivity index is 4.11. The fourth-order valence-electron chi connectivity index (χ4n) is 11.1. The number of carbonyl (C=O) groups excluding carboxylic acids is 3. The van der Waals surface area contributed by atoms with Gasteiger partial charge >= 0.3 is 17.9 Å². The molecule has 0 saturated heterocycles. The predicted molar refractivity (Wildman–Crippen MR) is 362 cm³/mol. The number of rotatable bonds is 68. The Morgan fingerprint density at radius 2 is 0.470 bits per heavy atom. The Hall–Kier alpha value is -2.89. The lowest BCUT2D eigenvalue weighted by atomic mass is 10.0. The molecule has 0 aromatic rings. The molecule has 0 aromatic carbocycles. The summed E-state index contributed by atoms with van der Waals surface area (Å²) in [5.74, 6) is -0.837. The van der Waals surface area contributed by atoms with Gasteiger partial charge in [0.15, 0.2) is 6.10 Å². The predicted octanol–water partition coefficient (Wildman–Crippen LogP) is 25.5. The average Bonchev–Trinajstić information content (AvgIpc) is 3.48. The maximum atomic E-state index is 12.9. The normalized spacial score (nSPS) is 12.4. The van der Waals surface area contributed by atoms with Gasteiger partial charge in [-0.1, -0.05) is 370 Å². The third-order valence-corrected chi connectivity index (χ3v) is 16.5. The van der Waals surface area contributed by atoms with Crippen molar-refractivity contribution in [2.24, 2.45) is 0 Å². The molecule has 0 N–H and O–H groups in total. The molecule has 0 aliphatic carbocycles. The van der Waals surface area contributed by atoms with Gasteiger partial charge in [0.1, 0.15) is 13.2 Å². The molecule has 484 valence electrons. The van der Waals surface area contributed by atoms with E-state index in [2.05, 4.69) is 81.5 Å². The molecule has 0 rings (SSSR count). The van der Waals surface area contributed by atoms with Crippen molar-refractivity contribution in [2.45, 2.75) is 399 Å². The summed E-state index contributed by atoms with van der Waals surface area (Å²) < 4.78 is 17.0. The second kappa shape index (κ2) is 71.6. The van der Waals surface area contributed by atoms with Crippen LogP contribution in [-0.2, 0) is 28.6 Å². The van der Waals surface area contributed by atoms with Crippen LogP contribution in [0.2, 0.25) is 0 Å². The molecule has 6 nitrogen and oxygen atoms in total. The van der Waals surface area contributed by atoms with Crippen LogP contribution in [0, 0.1) is 0 Å². The van der Waals surface area contributed by atoms with Gasteiger partial charge in [0.05, 0.1) is 0 Å². The van der Waals surface area contributed by atoms with E-state index in [-0.39, 0.29) is 31.1 Å². The van der Waals surface area contributed by atoms with E-state index in [1.54, 1.807) is 0 Å². The lowest BCUT2D eigenvalue weighted by molar-refractivity contribution is -0.167. The highest BCUT2D eigenvalue weighted by atomic mass is 16.6. The van der Waals surface area contributed by atoms with Crippen molar-refractivity contribution >= 4 is 17.9 Å². The molecule has 0 fully saturated rings. The highest BCUT2D eigenvalue weighted by Gasteiger charge is 2.19. The van der Waals surface area contributed by atoms with Gasteiger partial charge in [-0.2, -0.15) is 0 Å². The summed E-state index contributed by atoms with van der Waals surface area (Å²) in [6.07, 6.45) is 92.7. The minimum atomic E-state index is -0.769. The second-order valence-electron chi connectivity index (χ2n) is 24.8. The molecule has 83 heavy (non-hydrogen) atoms. The summed E-state index contributed by atoms with van der Waals surface area (Å²) in [6.45, 7) is 6.59. The Morgan fingerprint density at radius 1 is 0.253 bits per heavy atom. The van der Waals surface area contributed by atoms with E-state index < -0.39 is 6.10 Å². The van der Waals surface area contributed by atoms with Gasteiger partial charge in [-0.25, -0.2) is 0 Å². The molecule has 0 aromatic heterocycles. The van der Waals surface area contributed by atoms with E-state index in [9.17, 15) is 14.4 Å². The van der Waals surface area contributed by atoms with Gasteiger partial charge in [0.2, 0.25) is 0 Å². The van der Waals surface area contributed by atoms with Crippen molar-refractivity contribution in [3.63, 3.8) is 0 Å². The zero-order valence-electron chi connectivity index (χ0n) is 55.7. The van der Waals surface area contributed by atoms with E-state index in [4.69, 9.17) is 14.2 Å². The summed E-state index contributed by atoms with van der Waals surface area (Å²) >= 11 is 0. The molecule has 0 saturated carbocycles. The van der Waals surface area contributed by atoms with Crippen molar-refractivity contribution in [3.8, 4) is 0 Å². The Labute approximate surface area is 517 Å². The Morgan fingerprint density at radius 3 is 0.735 bits per heavy atom. The highest BCUT2D eigenvalue weighted by Crippen LogP contribution is 2.19. The molecule has 0 aliphatic rings. The first-order valence-electron chi connectivity index (χ1n) is 36.8. The zero-order valence-corrected chi connectivity index (χ0v) is 55.7. The van der Waals surface area contributed by atoms with Gasteiger partial charge in [0, 0.05) is 19.3 Å². The Kier molecular flexibility index (Phi) is 69.1. The van der Waals surface area contributed by atoms with Crippen LogP contribution in [0.15, 0.2) is 60.8 Å². The van der Waals surface area contributed by atoms with Crippen LogP contribution in [0.4, 0.5) is 0 Å². The van der Waals surface area contributed by atoms with Crippen LogP contribution in [0.1, 0.15) is 393 Å². The van der Waals surface area contributed by atoms with Crippen LogP contribution in [0.5, 0.6) is 0 Å². The summed E-state index contributed by atoms with van der Waals surface area (Å²) in [4.78, 5) is 38.4. The first-order valence-corrected chi connectivity index (χ1v) is 36.8. The maximum absolute atomic E-state index is 12.9. The highest BCUT2D eigenvalue weighted by molar-refractivity contribution is 5.71. The summed E-state index contributed by atoms with van der Waals surface area (Å²) in [6, 6.07) is 0. The number of allylic oxidation sites excluding steroid dienone is 10. The van der Waals surface area contributed by atoms with Crippen molar-refractivity contribution in [3.05, 3.63) is 60.8 Å². The molecule has 1 unspecified atom stereocenters. The molecule has 0 heterocycles. The van der Waals surface area contributed by atoms with Crippen molar-refractivity contribution in [2.75, 3.05) is 13.2 Å². The number of hydrogen-bond donors (Lipinski definition) is 0. The molecule has 6 heteroatoms. The van der Waals surface area contributed by atoms with Crippen LogP contribution in [0.3, 0.4) is 0 Å². The molecular formula is C77H140O6. The van der Waals surface area contributed by atoms with E-state index in [1.165, 1.54) is 263 Å². The second-order valence-corrected chi connectivity index (χ2v) is 24.8. The number of unbranched alkanes of at least 4 members (excludes halogenated alkanes) is 47. The molecule has 0 spiro atoms. The molecule has 0 amide bonds. The van der Waals surface area contributed by atoms with Crippen LogP contribution < -0.4 is 0 Å². The SMILES string of the molecule is CC/C=C\C/C=C\C/C=C\C/C=C\C/C=C\CCCCCCCCCCCCCCCCCCCC(=O)OCC(COC(=O)CCCCCCCCCCCCC)OC(=O)CCCCCCCCCCCCCCCCCCCCCCC. The average molecular weight is 1160 g/mol. The standard InChI is InChI=1S/C77H140O6/c1-4-7-10-13-16-19-22-24-26-28-30-32-33-34-35-36-37-38-39-40-41-42-43-45-46-48-50-52-55-58-61-64-67-70-76(79)82-73-74(72-81-75(78)69-66-63-60-57-54-21-18-15-12-9-6-3)83-77(80)71-68-65-62-59-56-53-51-49-47-44-31-29-27-25-23-20-17-14-11-8-5-2/h7,10,16,19,24,26,30,32,34-35,74H,4-6,8-9,11-15,17-18,20-23,25,27-29,31,33,36-73H2,1-3H3/b10-7-,19-16-,26-24-,32-30-,35-34-. The summed E-state index contributed by atoms with van der Waals surface area (Å²) in [5.41, 5.74) is 0. The van der Waals surface area contributed by atoms with E-state index in [0.717, 1.165) is 89.9 Å². The monoisotopic (exact) mass is 1160 g/mol. The van der Waals surface area contributed by atoms with Gasteiger partial charge in [0.25, 0.3) is 0 Å². The van der Waals surface area contributed by atoms with Crippen molar-refractivity contribution in [1.29, 1.82) is 0 Å². The molecule has 1 atom stereocenters. The maximum Gasteiger partial charge on any atom is 0.306 e. The lowest BCUT2D eigenvalue weighted by Gasteiger charge is -2.18. The van der Waals surface area contributed by atoms with Crippen molar-refractivity contribution in [1.82, 2.24) is 0 Å². The van der Waals surface area contributed by atoms with Crippen LogP contribution in [0.25, 0.3) is 0 Å². The van der Waals surface area contributed by atoms with Gasteiger partial charge in [-0.05, 0) is 64.2 Å². The lowest BCUT2D eigenvalue weighted by Crippen LogP contribution is -2.30. The molecule has 0 bridgehead atoms. The first-order chi connectivity index (χ1) is 41.0. The molecule has 0 aliphatic heterocycles. The van der Waals surface area contributed by atoms with Crippen LogP contribution >= 0.6 is 0 Å². The third-order valence-electron chi connectivity index (χ3n) is 16.5. The fourth-order valence-corrected chi connectivity index (χ4v) is 11.1. The smallest absolute Gasteiger partial charge is 0.306 e. The minimum Gasteiger partial charge on any atom is -0.462 e. The number of ether oxygens (including phenoxy) is 3. The van der Waals surface area contributed by atoms with E-state index in [0.29, 0.717) is 19.3 Å². The summed E-state index contributed by atoms with van der Waals surface area (Å²) in [5, 5.41) is 0. The van der Waals surface area contributed by atoms with E-state index in [1.807, 2.05) is 0 Å². The van der Waals surface area contributed by atoms with Gasteiger partial charge in [-0.15, -0.1) is 0 Å². The van der Waals surface area contributed by atoms with Gasteiger partial charge in [-0.3, -0.25) is 14.4 Å². The minimum absolute atomic E-state index is 0.0660. The fraction of sp³-hybridized carbons (Fsp3) is 0.831. The number of carbonyl (C=O) groups is 3. The first kappa shape index (κ1) is 80.1. The quantitative estimate of drug-likeness (QED) is 0.0261. The van der Waals surface area contributed by atoms with Gasteiger partial charge < -0.3 is 14.2 Å². The van der Waals surface area contributed by atoms with Crippen LogP contribution in [-0.4, -0.2) is 37.2 Å². The number of hydrogen-bond acceptors (Lipinski definition) is 6. The zero-order chi connectivity index (χ0) is 59.9. The molecule has 0 radical (unpaired) electrons. The van der Waals surface area contributed by atoms with E-state index >= 15 is 0 Å². The largest absolute Gasteiger partial charge is 0.462 e. The summed E-state index contributed by atoms with van der Waals surface area (Å²) in [7, 11) is 0. The third kappa shape index (κ3) is 69.8. The van der Waals surface area contributed by atoms with Crippen molar-refractivity contribution < 1.29 is 28.6 Å². The number of esters is 3. The topological polar surface area (TPSA) is 78.9 Å². The molecular weight excluding hydrogens is 1020 g/mol. The Bertz CT molecular complexity index is 1470.